The van der Waals surface area contributed by atoms with Crippen LogP contribution in [0.15, 0.2) is 18.2 Å². The number of halogens is 1. The number of carbonyl (C=O) groups excluding carboxylic acids is 1. The molecular weight excluding hydrogens is 264 g/mol. The molecule has 0 saturated heterocycles. The molecule has 4 nitrogen and oxygen atoms in total. The fourth-order valence-corrected chi connectivity index (χ4v) is 1.63. The number of alkyl carbamates (subject to hydrolysis) is 1. The second-order valence-electron chi connectivity index (χ2n) is 5.31. The number of benzene rings is 1. The van der Waals surface area contributed by atoms with Crippen molar-refractivity contribution in [3.05, 3.63) is 28.8 Å². The minimum Gasteiger partial charge on any atom is -0.444 e. The summed E-state index contributed by atoms with van der Waals surface area (Å²) in [5.41, 5.74) is 1.61. The molecule has 1 aromatic rings. The molecule has 1 rings (SSSR count). The highest BCUT2D eigenvalue weighted by molar-refractivity contribution is 6.30. The molecule has 0 heterocycles. The summed E-state index contributed by atoms with van der Waals surface area (Å²) in [7, 11) is 0. The first-order valence-electron chi connectivity index (χ1n) is 6.25. The van der Waals surface area contributed by atoms with E-state index in [9.17, 15) is 4.79 Å². The maximum atomic E-state index is 11.4. The van der Waals surface area contributed by atoms with Crippen LogP contribution in [0.25, 0.3) is 0 Å². The Hall–Kier alpha value is -1.42. The first kappa shape index (κ1) is 15.6. The normalized spacial score (nSPS) is 11.0. The Bertz CT molecular complexity index is 442. The lowest BCUT2D eigenvalue weighted by molar-refractivity contribution is 0.0530. The molecule has 0 atom stereocenters. The predicted molar refractivity (Wildman–Crippen MR) is 78.9 cm³/mol. The van der Waals surface area contributed by atoms with Crippen LogP contribution in [-0.4, -0.2) is 24.8 Å². The van der Waals surface area contributed by atoms with E-state index in [4.69, 9.17) is 16.3 Å². The number of ether oxygens (including phenoxy) is 1. The van der Waals surface area contributed by atoms with Crippen molar-refractivity contribution in [1.29, 1.82) is 0 Å². The van der Waals surface area contributed by atoms with Crippen LogP contribution in [0.4, 0.5) is 10.5 Å². The lowest BCUT2D eigenvalue weighted by Gasteiger charge is -2.19. The van der Waals surface area contributed by atoms with Gasteiger partial charge in [0.05, 0.1) is 0 Å². The van der Waals surface area contributed by atoms with Gasteiger partial charge < -0.3 is 15.4 Å². The molecule has 1 aromatic carbocycles. The Morgan fingerprint density at radius 2 is 2.00 bits per heavy atom. The van der Waals surface area contributed by atoms with Crippen molar-refractivity contribution in [3.63, 3.8) is 0 Å². The van der Waals surface area contributed by atoms with Crippen LogP contribution >= 0.6 is 11.6 Å². The van der Waals surface area contributed by atoms with E-state index in [2.05, 4.69) is 10.6 Å². The van der Waals surface area contributed by atoms with Gasteiger partial charge in [0.2, 0.25) is 0 Å². The number of hydrogen-bond acceptors (Lipinski definition) is 3. The van der Waals surface area contributed by atoms with Crippen LogP contribution in [0, 0.1) is 6.92 Å². The molecule has 0 bridgehead atoms. The average Bonchev–Trinajstić information content (AvgIpc) is 2.26. The second-order valence-corrected chi connectivity index (χ2v) is 5.75. The van der Waals surface area contributed by atoms with E-state index in [1.807, 2.05) is 45.9 Å². The molecule has 5 heteroatoms. The van der Waals surface area contributed by atoms with Gasteiger partial charge in [0.25, 0.3) is 0 Å². The molecule has 0 saturated carbocycles. The van der Waals surface area contributed by atoms with E-state index in [0.717, 1.165) is 11.3 Å². The maximum Gasteiger partial charge on any atom is 0.407 e. The van der Waals surface area contributed by atoms with E-state index in [0.29, 0.717) is 18.1 Å². The van der Waals surface area contributed by atoms with Gasteiger partial charge in [-0.05, 0) is 45.4 Å². The van der Waals surface area contributed by atoms with E-state index >= 15 is 0 Å². The number of aryl methyl sites for hydroxylation is 1. The number of hydrogen-bond donors (Lipinski definition) is 2. The van der Waals surface area contributed by atoms with Crippen molar-refractivity contribution in [3.8, 4) is 0 Å². The third-order valence-electron chi connectivity index (χ3n) is 2.31. The maximum absolute atomic E-state index is 11.4. The van der Waals surface area contributed by atoms with Crippen molar-refractivity contribution in [2.24, 2.45) is 0 Å². The summed E-state index contributed by atoms with van der Waals surface area (Å²) < 4.78 is 5.13. The zero-order valence-electron chi connectivity index (χ0n) is 11.8. The molecule has 0 aromatic heterocycles. The van der Waals surface area contributed by atoms with Gasteiger partial charge in [-0.2, -0.15) is 0 Å². The molecule has 19 heavy (non-hydrogen) atoms. The van der Waals surface area contributed by atoms with E-state index in [-0.39, 0.29) is 0 Å². The highest BCUT2D eigenvalue weighted by Gasteiger charge is 2.15. The first-order chi connectivity index (χ1) is 8.78. The minimum atomic E-state index is -0.471. The monoisotopic (exact) mass is 284 g/mol. The van der Waals surface area contributed by atoms with Crippen molar-refractivity contribution in [1.82, 2.24) is 5.32 Å². The summed E-state index contributed by atoms with van der Waals surface area (Å²) in [4.78, 5) is 11.4. The molecule has 0 aliphatic rings. The molecule has 0 aliphatic carbocycles. The number of carbonyl (C=O) groups is 1. The minimum absolute atomic E-state index is 0.405. The number of rotatable bonds is 4. The molecule has 0 fully saturated rings. The van der Waals surface area contributed by atoms with Gasteiger partial charge in [-0.15, -0.1) is 0 Å². The fraction of sp³-hybridized carbons (Fsp3) is 0.500. The Morgan fingerprint density at radius 1 is 1.32 bits per heavy atom. The summed E-state index contributed by atoms with van der Waals surface area (Å²) in [5, 5.41) is 6.59. The fourth-order valence-electron chi connectivity index (χ4n) is 1.46. The smallest absolute Gasteiger partial charge is 0.407 e. The highest BCUT2D eigenvalue weighted by atomic mass is 35.5. The average molecular weight is 285 g/mol. The molecule has 0 radical (unpaired) electrons. The van der Waals surface area contributed by atoms with Gasteiger partial charge >= 0.3 is 6.09 Å². The van der Waals surface area contributed by atoms with Crippen LogP contribution in [0.3, 0.4) is 0 Å². The van der Waals surface area contributed by atoms with Crippen molar-refractivity contribution < 1.29 is 9.53 Å². The van der Waals surface area contributed by atoms with E-state index < -0.39 is 11.7 Å². The second kappa shape index (κ2) is 6.66. The Balaban J connectivity index is 2.31. The van der Waals surface area contributed by atoms with Crippen molar-refractivity contribution >= 4 is 23.4 Å². The quantitative estimate of drug-likeness (QED) is 0.831. The topological polar surface area (TPSA) is 50.4 Å². The van der Waals surface area contributed by atoms with Crippen molar-refractivity contribution in [2.45, 2.75) is 33.3 Å². The van der Waals surface area contributed by atoms with Crippen LogP contribution in [-0.2, 0) is 4.74 Å². The number of nitrogens with one attached hydrogen (secondary N) is 2. The Kier molecular flexibility index (Phi) is 5.48. The van der Waals surface area contributed by atoms with Crippen LogP contribution in [0.2, 0.25) is 5.02 Å². The van der Waals surface area contributed by atoms with Gasteiger partial charge in [0.1, 0.15) is 5.60 Å². The number of anilines is 1. The molecule has 0 unspecified atom stereocenters. The number of amides is 1. The molecular formula is C14H21ClN2O2. The zero-order valence-corrected chi connectivity index (χ0v) is 12.6. The highest BCUT2D eigenvalue weighted by Crippen LogP contribution is 2.19. The van der Waals surface area contributed by atoms with Gasteiger partial charge in [0.15, 0.2) is 0 Å². The molecule has 0 spiro atoms. The lowest BCUT2D eigenvalue weighted by atomic mass is 10.2. The summed E-state index contributed by atoms with van der Waals surface area (Å²) in [6.45, 7) is 8.60. The Labute approximate surface area is 119 Å². The lowest BCUT2D eigenvalue weighted by Crippen LogP contribution is -2.35. The van der Waals surface area contributed by atoms with Gasteiger partial charge in [-0.25, -0.2) is 4.79 Å². The summed E-state index contributed by atoms with van der Waals surface area (Å²) in [5.74, 6) is 0. The van der Waals surface area contributed by atoms with Gasteiger partial charge in [-0.1, -0.05) is 17.7 Å². The molecule has 106 valence electrons. The van der Waals surface area contributed by atoms with E-state index in [1.165, 1.54) is 0 Å². The molecule has 0 aliphatic heterocycles. The standard InChI is InChI=1S/C14H21ClN2O2/c1-10-5-6-11(15)9-12(10)16-7-8-17-13(18)19-14(2,3)4/h5-6,9,16H,7-8H2,1-4H3,(H,17,18). The van der Waals surface area contributed by atoms with Gasteiger partial charge in [-0.3, -0.25) is 0 Å². The summed E-state index contributed by atoms with van der Waals surface area (Å²) >= 11 is 5.92. The summed E-state index contributed by atoms with van der Waals surface area (Å²) in [6, 6.07) is 5.66. The zero-order chi connectivity index (χ0) is 14.5. The van der Waals surface area contributed by atoms with Gasteiger partial charge in [0, 0.05) is 23.8 Å². The van der Waals surface area contributed by atoms with Crippen LogP contribution in [0.1, 0.15) is 26.3 Å². The predicted octanol–water partition coefficient (Wildman–Crippen LogP) is 3.59. The van der Waals surface area contributed by atoms with Crippen LogP contribution < -0.4 is 10.6 Å². The molecule has 2 N–H and O–H groups in total. The van der Waals surface area contributed by atoms with Crippen molar-refractivity contribution in [2.75, 3.05) is 18.4 Å². The Morgan fingerprint density at radius 3 is 2.63 bits per heavy atom. The summed E-state index contributed by atoms with van der Waals surface area (Å²) in [6.07, 6.45) is -0.405. The first-order valence-corrected chi connectivity index (χ1v) is 6.62. The third-order valence-corrected chi connectivity index (χ3v) is 2.54. The third kappa shape index (κ3) is 6.34. The molecule has 1 amide bonds. The largest absolute Gasteiger partial charge is 0.444 e. The van der Waals surface area contributed by atoms with E-state index in [1.54, 1.807) is 0 Å². The van der Waals surface area contributed by atoms with Crippen LogP contribution in [0.5, 0.6) is 0 Å². The SMILES string of the molecule is Cc1ccc(Cl)cc1NCCNC(=O)OC(C)(C)C.